The van der Waals surface area contributed by atoms with Crippen LogP contribution in [0.3, 0.4) is 0 Å². The largest absolute Gasteiger partial charge is 0.347 e. The fourth-order valence-corrected chi connectivity index (χ4v) is 3.28. The Bertz CT molecular complexity index is 1000. The molecule has 0 bridgehead atoms. The Kier molecular flexibility index (Phi) is 5.10. The Morgan fingerprint density at radius 1 is 0.929 bits per heavy atom. The second-order valence-corrected chi connectivity index (χ2v) is 6.69. The summed E-state index contributed by atoms with van der Waals surface area (Å²) in [5.74, 6) is -0.464. The van der Waals surface area contributed by atoms with Crippen LogP contribution in [0.4, 0.5) is 0 Å². The molecule has 1 aromatic carbocycles. The van der Waals surface area contributed by atoms with Gasteiger partial charge in [-0.2, -0.15) is 0 Å². The van der Waals surface area contributed by atoms with Crippen molar-refractivity contribution < 1.29 is 9.59 Å². The Balaban J connectivity index is 1.44. The van der Waals surface area contributed by atoms with Crippen molar-refractivity contribution in [3.05, 3.63) is 95.1 Å². The maximum atomic E-state index is 12.9. The summed E-state index contributed by atoms with van der Waals surface area (Å²) in [7, 11) is 0. The number of fused-ring (bicyclic) bond motifs is 1. The average Bonchev–Trinajstić information content (AvgIpc) is 2.77. The molecule has 1 aliphatic rings. The highest BCUT2D eigenvalue weighted by molar-refractivity contribution is 5.96. The SMILES string of the molecule is O=C(NCc1ccncc1)c1cccc(C(=O)N2CCc3ccccc3C2)n1. The van der Waals surface area contributed by atoms with Gasteiger partial charge in [-0.3, -0.25) is 14.6 Å². The fourth-order valence-electron chi connectivity index (χ4n) is 3.28. The first kappa shape index (κ1) is 17.9. The van der Waals surface area contributed by atoms with Crippen LogP contribution < -0.4 is 5.32 Å². The number of nitrogens with zero attached hydrogens (tertiary/aromatic N) is 3. The van der Waals surface area contributed by atoms with E-state index in [0.717, 1.165) is 17.5 Å². The molecule has 4 rings (SSSR count). The molecule has 0 saturated heterocycles. The molecule has 0 fully saturated rings. The normalized spacial score (nSPS) is 12.9. The van der Waals surface area contributed by atoms with E-state index in [1.165, 1.54) is 5.56 Å². The maximum absolute atomic E-state index is 12.9. The molecule has 140 valence electrons. The number of carbonyl (C=O) groups excluding carboxylic acids is 2. The number of hydrogen-bond donors (Lipinski definition) is 1. The van der Waals surface area contributed by atoms with Crippen molar-refractivity contribution in [3.63, 3.8) is 0 Å². The summed E-state index contributed by atoms with van der Waals surface area (Å²) in [6.45, 7) is 1.59. The number of aromatic nitrogens is 2. The van der Waals surface area contributed by atoms with Crippen LogP contribution in [0.25, 0.3) is 0 Å². The fraction of sp³-hybridized carbons (Fsp3) is 0.182. The zero-order valence-electron chi connectivity index (χ0n) is 15.3. The second kappa shape index (κ2) is 8.00. The third-order valence-corrected chi connectivity index (χ3v) is 4.82. The van der Waals surface area contributed by atoms with Gasteiger partial charge in [-0.15, -0.1) is 0 Å². The van der Waals surface area contributed by atoms with E-state index in [4.69, 9.17) is 0 Å². The number of nitrogens with one attached hydrogen (secondary N) is 1. The Labute approximate surface area is 163 Å². The number of benzene rings is 1. The van der Waals surface area contributed by atoms with Crippen LogP contribution in [-0.4, -0.2) is 33.2 Å². The molecule has 3 heterocycles. The molecule has 28 heavy (non-hydrogen) atoms. The third-order valence-electron chi connectivity index (χ3n) is 4.82. The van der Waals surface area contributed by atoms with Crippen molar-refractivity contribution in [3.8, 4) is 0 Å². The topological polar surface area (TPSA) is 75.2 Å². The molecule has 3 aromatic rings. The van der Waals surface area contributed by atoms with Crippen molar-refractivity contribution in [1.82, 2.24) is 20.2 Å². The summed E-state index contributed by atoms with van der Waals surface area (Å²) in [4.78, 5) is 35.3. The number of amides is 2. The lowest BCUT2D eigenvalue weighted by Gasteiger charge is -2.28. The second-order valence-electron chi connectivity index (χ2n) is 6.69. The smallest absolute Gasteiger partial charge is 0.272 e. The highest BCUT2D eigenvalue weighted by Gasteiger charge is 2.23. The molecule has 2 aromatic heterocycles. The first-order valence-corrected chi connectivity index (χ1v) is 9.21. The van der Waals surface area contributed by atoms with Gasteiger partial charge in [0.15, 0.2) is 0 Å². The van der Waals surface area contributed by atoms with Gasteiger partial charge in [-0.1, -0.05) is 30.3 Å². The standard InChI is InChI=1S/C22H20N4O2/c27-21(24-14-16-8-11-23-12-9-16)19-6-3-7-20(25-19)22(28)26-13-10-17-4-1-2-5-18(17)15-26/h1-9,11-12H,10,13-15H2,(H,24,27). The van der Waals surface area contributed by atoms with Crippen molar-refractivity contribution in [2.75, 3.05) is 6.54 Å². The Morgan fingerprint density at radius 2 is 1.68 bits per heavy atom. The van der Waals surface area contributed by atoms with Crippen molar-refractivity contribution in [2.45, 2.75) is 19.5 Å². The summed E-state index contributed by atoms with van der Waals surface area (Å²) < 4.78 is 0. The van der Waals surface area contributed by atoms with E-state index in [-0.39, 0.29) is 23.2 Å². The minimum absolute atomic E-state index is 0.154. The predicted molar refractivity (Wildman–Crippen MR) is 105 cm³/mol. The summed E-state index contributed by atoms with van der Waals surface area (Å²) in [6.07, 6.45) is 4.18. The minimum atomic E-state index is -0.310. The van der Waals surface area contributed by atoms with Crippen LogP contribution in [0.1, 0.15) is 37.7 Å². The lowest BCUT2D eigenvalue weighted by molar-refractivity contribution is 0.0728. The van der Waals surface area contributed by atoms with Gasteiger partial charge in [0, 0.05) is 32.0 Å². The Hall–Kier alpha value is -3.54. The van der Waals surface area contributed by atoms with Crippen molar-refractivity contribution in [1.29, 1.82) is 0 Å². The van der Waals surface area contributed by atoms with Gasteiger partial charge in [0.2, 0.25) is 0 Å². The third kappa shape index (κ3) is 3.91. The van der Waals surface area contributed by atoms with Crippen LogP contribution >= 0.6 is 0 Å². The van der Waals surface area contributed by atoms with Gasteiger partial charge in [-0.05, 0) is 47.4 Å². The number of pyridine rings is 2. The molecular formula is C22H20N4O2. The lowest BCUT2D eigenvalue weighted by Crippen LogP contribution is -2.36. The summed E-state index contributed by atoms with van der Waals surface area (Å²) in [6, 6.07) is 16.8. The van der Waals surface area contributed by atoms with E-state index in [9.17, 15) is 9.59 Å². The molecule has 0 saturated carbocycles. The zero-order valence-corrected chi connectivity index (χ0v) is 15.3. The zero-order chi connectivity index (χ0) is 19.3. The van der Waals surface area contributed by atoms with Crippen molar-refractivity contribution >= 4 is 11.8 Å². The van der Waals surface area contributed by atoms with E-state index in [1.54, 1.807) is 35.5 Å². The molecule has 6 heteroatoms. The average molecular weight is 372 g/mol. The van der Waals surface area contributed by atoms with Gasteiger partial charge in [-0.25, -0.2) is 4.98 Å². The van der Waals surface area contributed by atoms with Crippen LogP contribution in [0.5, 0.6) is 0 Å². The molecule has 0 unspecified atom stereocenters. The molecule has 1 N–H and O–H groups in total. The van der Waals surface area contributed by atoms with E-state index >= 15 is 0 Å². The first-order valence-electron chi connectivity index (χ1n) is 9.21. The van der Waals surface area contributed by atoms with Crippen LogP contribution in [0, 0.1) is 0 Å². The summed E-state index contributed by atoms with van der Waals surface area (Å²) in [5.41, 5.74) is 3.91. The molecule has 0 atom stereocenters. The van der Waals surface area contributed by atoms with E-state index < -0.39 is 0 Å². The molecule has 0 aliphatic carbocycles. The highest BCUT2D eigenvalue weighted by Crippen LogP contribution is 2.20. The molecule has 0 radical (unpaired) electrons. The predicted octanol–water partition coefficient (Wildman–Crippen LogP) is 2.61. The summed E-state index contributed by atoms with van der Waals surface area (Å²) >= 11 is 0. The molecule has 1 aliphatic heterocycles. The molecular weight excluding hydrogens is 352 g/mol. The van der Waals surface area contributed by atoms with Crippen LogP contribution in [0.15, 0.2) is 67.0 Å². The number of carbonyl (C=O) groups is 2. The van der Waals surface area contributed by atoms with Crippen LogP contribution in [-0.2, 0) is 19.5 Å². The first-order chi connectivity index (χ1) is 13.7. The lowest BCUT2D eigenvalue weighted by atomic mass is 10.00. The highest BCUT2D eigenvalue weighted by atomic mass is 16.2. The molecule has 6 nitrogen and oxygen atoms in total. The number of rotatable bonds is 4. The monoisotopic (exact) mass is 372 g/mol. The molecule has 2 amide bonds. The quantitative estimate of drug-likeness (QED) is 0.764. The van der Waals surface area contributed by atoms with Gasteiger partial charge in [0.25, 0.3) is 11.8 Å². The maximum Gasteiger partial charge on any atom is 0.272 e. The minimum Gasteiger partial charge on any atom is -0.347 e. The van der Waals surface area contributed by atoms with Crippen LogP contribution in [0.2, 0.25) is 0 Å². The van der Waals surface area contributed by atoms with Gasteiger partial charge in [0.05, 0.1) is 0 Å². The van der Waals surface area contributed by atoms with Gasteiger partial charge >= 0.3 is 0 Å². The van der Waals surface area contributed by atoms with E-state index in [2.05, 4.69) is 21.4 Å². The van der Waals surface area contributed by atoms with Gasteiger partial charge in [0.1, 0.15) is 11.4 Å². The van der Waals surface area contributed by atoms with E-state index in [0.29, 0.717) is 19.6 Å². The number of hydrogen-bond acceptors (Lipinski definition) is 4. The Morgan fingerprint density at radius 3 is 2.50 bits per heavy atom. The van der Waals surface area contributed by atoms with E-state index in [1.807, 2.05) is 30.3 Å². The van der Waals surface area contributed by atoms with Gasteiger partial charge < -0.3 is 10.2 Å². The molecule has 0 spiro atoms. The van der Waals surface area contributed by atoms with Crippen molar-refractivity contribution in [2.24, 2.45) is 0 Å². The summed E-state index contributed by atoms with van der Waals surface area (Å²) in [5, 5.41) is 2.82.